The van der Waals surface area contributed by atoms with Crippen molar-refractivity contribution in [2.45, 2.75) is 39.8 Å². The minimum absolute atomic E-state index is 0.0693. The van der Waals surface area contributed by atoms with Crippen LogP contribution in [0.5, 0.6) is 0 Å². The van der Waals surface area contributed by atoms with Crippen molar-refractivity contribution in [1.29, 1.82) is 0 Å². The van der Waals surface area contributed by atoms with Crippen LogP contribution in [-0.4, -0.2) is 26.7 Å². The normalized spacial score (nSPS) is 12.5. The molecule has 1 atom stereocenters. The van der Waals surface area contributed by atoms with Crippen molar-refractivity contribution < 1.29 is 4.79 Å². The first-order chi connectivity index (χ1) is 11.1. The first-order valence-electron chi connectivity index (χ1n) is 7.85. The number of nitrogens with one attached hydrogen (secondary N) is 1. The summed E-state index contributed by atoms with van der Waals surface area (Å²) >= 11 is 1.62. The van der Waals surface area contributed by atoms with E-state index in [1.54, 1.807) is 17.5 Å². The molecule has 0 aliphatic carbocycles. The van der Waals surface area contributed by atoms with Crippen LogP contribution in [0.1, 0.15) is 37.6 Å². The lowest BCUT2D eigenvalue weighted by Crippen LogP contribution is -2.32. The Morgan fingerprint density at radius 1 is 1.43 bits per heavy atom. The van der Waals surface area contributed by atoms with Crippen molar-refractivity contribution in [3.05, 3.63) is 35.3 Å². The lowest BCUT2D eigenvalue weighted by molar-refractivity contribution is 0.0941. The monoisotopic (exact) mass is 328 g/mol. The van der Waals surface area contributed by atoms with Crippen LogP contribution in [0.2, 0.25) is 0 Å². The van der Waals surface area contributed by atoms with Gasteiger partial charge in [0.2, 0.25) is 0 Å². The van der Waals surface area contributed by atoms with Crippen molar-refractivity contribution in [2.24, 2.45) is 0 Å². The second kappa shape index (κ2) is 6.50. The maximum absolute atomic E-state index is 12.7. The molecule has 1 amide bonds. The highest BCUT2D eigenvalue weighted by Crippen LogP contribution is 2.28. The Balaban J connectivity index is 2.15. The number of nitrogens with zero attached hydrogens (tertiary/aromatic N) is 3. The number of hydrogen-bond donors (Lipinski definition) is 1. The summed E-state index contributed by atoms with van der Waals surface area (Å²) in [6.07, 6.45) is 2.63. The van der Waals surface area contributed by atoms with E-state index < -0.39 is 0 Å². The molecule has 0 saturated heterocycles. The van der Waals surface area contributed by atoms with Gasteiger partial charge in [-0.25, -0.2) is 9.67 Å². The number of hydrogen-bond acceptors (Lipinski definition) is 4. The molecule has 0 aromatic carbocycles. The zero-order valence-corrected chi connectivity index (χ0v) is 14.4. The minimum atomic E-state index is -0.0693. The molecule has 5 nitrogen and oxygen atoms in total. The van der Waals surface area contributed by atoms with Crippen LogP contribution < -0.4 is 5.32 Å². The van der Waals surface area contributed by atoms with Gasteiger partial charge in [-0.2, -0.15) is 5.10 Å². The largest absolute Gasteiger partial charge is 0.350 e. The van der Waals surface area contributed by atoms with E-state index in [-0.39, 0.29) is 11.9 Å². The summed E-state index contributed by atoms with van der Waals surface area (Å²) in [5, 5.41) is 10.2. The average molecular weight is 328 g/mol. The van der Waals surface area contributed by atoms with Gasteiger partial charge in [0.1, 0.15) is 0 Å². The van der Waals surface area contributed by atoms with Gasteiger partial charge < -0.3 is 5.32 Å². The van der Waals surface area contributed by atoms with Gasteiger partial charge in [-0.3, -0.25) is 4.79 Å². The smallest absolute Gasteiger partial charge is 0.252 e. The fourth-order valence-electron chi connectivity index (χ4n) is 2.42. The van der Waals surface area contributed by atoms with Gasteiger partial charge in [0, 0.05) is 12.6 Å². The van der Waals surface area contributed by atoms with E-state index in [4.69, 9.17) is 4.98 Å². The summed E-state index contributed by atoms with van der Waals surface area (Å²) in [5.41, 5.74) is 2.21. The number of pyridine rings is 1. The van der Waals surface area contributed by atoms with E-state index in [9.17, 15) is 4.79 Å². The summed E-state index contributed by atoms with van der Waals surface area (Å²) in [6.45, 7) is 6.80. The fourth-order valence-corrected chi connectivity index (χ4v) is 3.11. The Labute approximate surface area is 139 Å². The van der Waals surface area contributed by atoms with Crippen molar-refractivity contribution >= 4 is 28.3 Å². The number of aryl methyl sites for hydroxylation is 1. The first kappa shape index (κ1) is 15.7. The molecule has 23 heavy (non-hydrogen) atoms. The van der Waals surface area contributed by atoms with Crippen LogP contribution in [0.3, 0.4) is 0 Å². The molecule has 0 spiro atoms. The summed E-state index contributed by atoms with van der Waals surface area (Å²) in [4.78, 5) is 18.4. The number of aromatic nitrogens is 3. The van der Waals surface area contributed by atoms with Crippen LogP contribution in [-0.2, 0) is 6.54 Å². The number of rotatable bonds is 5. The Bertz CT molecular complexity index is 823. The van der Waals surface area contributed by atoms with Gasteiger partial charge in [0.05, 0.1) is 27.7 Å². The highest BCUT2D eigenvalue weighted by Gasteiger charge is 2.18. The third-order valence-electron chi connectivity index (χ3n) is 3.92. The predicted molar refractivity (Wildman–Crippen MR) is 93.7 cm³/mol. The molecule has 0 bridgehead atoms. The van der Waals surface area contributed by atoms with Gasteiger partial charge in [0.25, 0.3) is 5.91 Å². The number of amides is 1. The molecule has 3 aromatic heterocycles. The second-order valence-corrected chi connectivity index (χ2v) is 6.46. The number of thiophene rings is 1. The third kappa shape index (κ3) is 2.99. The van der Waals surface area contributed by atoms with E-state index >= 15 is 0 Å². The van der Waals surface area contributed by atoms with E-state index in [2.05, 4.69) is 17.3 Å². The van der Waals surface area contributed by atoms with Crippen molar-refractivity contribution in [1.82, 2.24) is 20.1 Å². The highest BCUT2D eigenvalue weighted by atomic mass is 32.1. The van der Waals surface area contributed by atoms with E-state index in [1.165, 1.54) is 0 Å². The van der Waals surface area contributed by atoms with Gasteiger partial charge in [-0.15, -0.1) is 11.3 Å². The van der Waals surface area contributed by atoms with E-state index in [0.717, 1.165) is 34.6 Å². The highest BCUT2D eigenvalue weighted by molar-refractivity contribution is 7.13. The van der Waals surface area contributed by atoms with Crippen LogP contribution in [0.15, 0.2) is 29.8 Å². The Kier molecular flexibility index (Phi) is 4.43. The lowest BCUT2D eigenvalue weighted by atomic mass is 10.1. The van der Waals surface area contributed by atoms with Crippen LogP contribution in [0.4, 0.5) is 0 Å². The predicted octanol–water partition coefficient (Wildman–Crippen LogP) is 3.71. The van der Waals surface area contributed by atoms with Crippen molar-refractivity contribution in [3.63, 3.8) is 0 Å². The summed E-state index contributed by atoms with van der Waals surface area (Å²) < 4.78 is 1.83. The van der Waals surface area contributed by atoms with Gasteiger partial charge in [-0.1, -0.05) is 13.0 Å². The molecule has 3 rings (SSSR count). The maximum atomic E-state index is 12.7. The standard InChI is InChI=1S/C17H20N4OS/c1-4-11(3)19-17(22)12-9-14(15-7-6-8-23-15)20-16-13(12)10-18-21(16)5-2/h6-11H,4-5H2,1-3H3,(H,19,22)/t11-/m1/s1. The molecule has 3 aromatic rings. The van der Waals surface area contributed by atoms with Gasteiger partial charge in [0.15, 0.2) is 5.65 Å². The SMILES string of the molecule is CC[C@@H](C)NC(=O)c1cc(-c2cccs2)nc2c1cnn2CC. The molecular formula is C17H20N4OS. The molecule has 0 aliphatic heterocycles. The van der Waals surface area contributed by atoms with Crippen LogP contribution in [0, 0.1) is 0 Å². The molecule has 3 heterocycles. The molecule has 1 N–H and O–H groups in total. The first-order valence-corrected chi connectivity index (χ1v) is 8.73. The van der Waals surface area contributed by atoms with Gasteiger partial charge >= 0.3 is 0 Å². The second-order valence-electron chi connectivity index (χ2n) is 5.51. The van der Waals surface area contributed by atoms with E-state index in [1.807, 2.05) is 42.1 Å². The zero-order valence-electron chi connectivity index (χ0n) is 13.5. The molecule has 0 saturated carbocycles. The molecule has 120 valence electrons. The van der Waals surface area contributed by atoms with Crippen molar-refractivity contribution in [3.8, 4) is 10.6 Å². The Morgan fingerprint density at radius 2 is 2.26 bits per heavy atom. The molecular weight excluding hydrogens is 308 g/mol. The summed E-state index contributed by atoms with van der Waals surface area (Å²) in [5.74, 6) is -0.0693. The lowest BCUT2D eigenvalue weighted by Gasteiger charge is -2.12. The van der Waals surface area contributed by atoms with Crippen LogP contribution >= 0.6 is 11.3 Å². The molecule has 0 aliphatic rings. The number of carbonyl (C=O) groups is 1. The molecule has 0 fully saturated rings. The zero-order chi connectivity index (χ0) is 16.4. The third-order valence-corrected chi connectivity index (χ3v) is 4.81. The van der Waals surface area contributed by atoms with Crippen LogP contribution in [0.25, 0.3) is 21.6 Å². The number of carbonyl (C=O) groups excluding carboxylic acids is 1. The minimum Gasteiger partial charge on any atom is -0.350 e. The quantitative estimate of drug-likeness (QED) is 0.777. The van der Waals surface area contributed by atoms with Crippen molar-refractivity contribution in [2.75, 3.05) is 0 Å². The Morgan fingerprint density at radius 3 is 2.91 bits per heavy atom. The summed E-state index contributed by atoms with van der Waals surface area (Å²) in [6, 6.07) is 6.01. The maximum Gasteiger partial charge on any atom is 0.252 e. The van der Waals surface area contributed by atoms with Gasteiger partial charge in [-0.05, 0) is 37.8 Å². The molecule has 0 unspecified atom stereocenters. The average Bonchev–Trinajstić information content (AvgIpc) is 3.22. The number of fused-ring (bicyclic) bond motifs is 1. The molecule has 6 heteroatoms. The topological polar surface area (TPSA) is 59.8 Å². The Hall–Kier alpha value is -2.21. The fraction of sp³-hybridized carbons (Fsp3) is 0.353. The van der Waals surface area contributed by atoms with E-state index in [0.29, 0.717) is 5.56 Å². The molecule has 0 radical (unpaired) electrons. The summed E-state index contributed by atoms with van der Waals surface area (Å²) in [7, 11) is 0.